The molecular weight excluding hydrogens is 170 g/mol. The van der Waals surface area contributed by atoms with Crippen LogP contribution < -0.4 is 5.73 Å². The highest BCUT2D eigenvalue weighted by molar-refractivity contribution is 8.17. The molecule has 1 amide bonds. The Balaban J connectivity index is -0.000000309. The molecule has 70 valence electrons. The number of hydrogen-bond acceptors (Lipinski definition) is 2. The third-order valence-electron chi connectivity index (χ3n) is 0.702. The van der Waals surface area contributed by atoms with E-state index in [4.69, 9.17) is 5.73 Å². The Morgan fingerprint density at radius 3 is 2.25 bits per heavy atom. The van der Waals surface area contributed by atoms with E-state index < -0.39 is 5.24 Å². The molecule has 0 aromatic carbocycles. The molecule has 0 aromatic rings. The second-order valence-electron chi connectivity index (χ2n) is 1.43. The van der Waals surface area contributed by atoms with Crippen molar-refractivity contribution in [3.05, 3.63) is 36.3 Å². The van der Waals surface area contributed by atoms with E-state index in [1.54, 1.807) is 18.2 Å². The van der Waals surface area contributed by atoms with Gasteiger partial charge in [0.2, 0.25) is 0 Å². The van der Waals surface area contributed by atoms with Crippen molar-refractivity contribution in [2.24, 2.45) is 5.73 Å². The standard InChI is InChI=1S/C7H9NOS.C2H6.H2/c1-3-5-6(4-2)10-7(8)9;1-2;/h3-5H,1-2H2,(H2,8,9);1-2H3;1H/b6-5+;;. The van der Waals surface area contributed by atoms with Crippen LogP contribution in [-0.2, 0) is 0 Å². The number of nitrogens with two attached hydrogens (primary N) is 1. The van der Waals surface area contributed by atoms with E-state index in [2.05, 4.69) is 13.2 Å². The molecule has 0 radical (unpaired) electrons. The Bertz CT molecular complexity index is 190. The molecular formula is C9H17NOS. The van der Waals surface area contributed by atoms with E-state index in [9.17, 15) is 4.79 Å². The maximum atomic E-state index is 10.3. The molecule has 0 aliphatic carbocycles. The Morgan fingerprint density at radius 2 is 2.00 bits per heavy atom. The first-order valence-electron chi connectivity index (χ1n) is 3.63. The van der Waals surface area contributed by atoms with Crippen molar-refractivity contribution in [2.45, 2.75) is 13.8 Å². The van der Waals surface area contributed by atoms with Gasteiger partial charge < -0.3 is 5.73 Å². The second kappa shape index (κ2) is 10.0. The number of rotatable bonds is 3. The quantitative estimate of drug-likeness (QED) is 0.689. The molecule has 0 aromatic heterocycles. The lowest BCUT2D eigenvalue weighted by molar-refractivity contribution is 0.267. The normalized spacial score (nSPS) is 9.33. The minimum Gasteiger partial charge on any atom is -0.360 e. The largest absolute Gasteiger partial charge is 0.360 e. The summed E-state index contributed by atoms with van der Waals surface area (Å²) in [4.78, 5) is 11.0. The summed E-state index contributed by atoms with van der Waals surface area (Å²) in [5, 5.41) is -0.437. The lowest BCUT2D eigenvalue weighted by Crippen LogP contribution is -2.01. The van der Waals surface area contributed by atoms with Crippen molar-refractivity contribution < 1.29 is 6.22 Å². The van der Waals surface area contributed by atoms with Crippen LogP contribution in [-0.4, -0.2) is 5.24 Å². The molecule has 0 aliphatic heterocycles. The summed E-state index contributed by atoms with van der Waals surface area (Å²) < 4.78 is 0. The zero-order valence-electron chi connectivity index (χ0n) is 7.54. The number of allylic oxidation sites excluding steroid dienone is 3. The summed E-state index contributed by atoms with van der Waals surface area (Å²) in [6, 6.07) is 0. The van der Waals surface area contributed by atoms with Crippen LogP contribution >= 0.6 is 11.8 Å². The van der Waals surface area contributed by atoms with E-state index in [1.807, 2.05) is 13.8 Å². The van der Waals surface area contributed by atoms with E-state index in [-0.39, 0.29) is 1.43 Å². The Morgan fingerprint density at radius 1 is 1.50 bits per heavy atom. The summed E-state index contributed by atoms with van der Waals surface area (Å²) in [5.74, 6) is 0. The van der Waals surface area contributed by atoms with Crippen LogP contribution in [0.4, 0.5) is 4.79 Å². The summed E-state index contributed by atoms with van der Waals surface area (Å²) >= 11 is 0.935. The first-order valence-corrected chi connectivity index (χ1v) is 4.44. The molecule has 0 rings (SSSR count). The molecule has 0 fully saturated rings. The number of hydrogen-bond donors (Lipinski definition) is 1. The Hall–Kier alpha value is -0.960. The highest BCUT2D eigenvalue weighted by Crippen LogP contribution is 2.15. The molecule has 0 heterocycles. The van der Waals surface area contributed by atoms with Crippen LogP contribution in [0.1, 0.15) is 15.3 Å². The van der Waals surface area contributed by atoms with Gasteiger partial charge in [0.15, 0.2) is 0 Å². The average molecular weight is 187 g/mol. The van der Waals surface area contributed by atoms with Gasteiger partial charge in [-0.15, -0.1) is 0 Å². The van der Waals surface area contributed by atoms with E-state index in [0.717, 1.165) is 11.8 Å². The molecule has 0 unspecified atom stereocenters. The molecule has 0 aliphatic rings. The van der Waals surface area contributed by atoms with Crippen molar-refractivity contribution in [1.82, 2.24) is 0 Å². The second-order valence-corrected chi connectivity index (χ2v) is 2.51. The van der Waals surface area contributed by atoms with Crippen molar-refractivity contribution in [3.63, 3.8) is 0 Å². The van der Waals surface area contributed by atoms with Gasteiger partial charge in [-0.05, 0) is 17.8 Å². The number of thioether (sulfide) groups is 1. The SMILES string of the molecule is C=C/C=C(\C=C)SC(N)=O.CC.[HH]. The number of carbonyl (C=O) groups is 1. The van der Waals surface area contributed by atoms with Crippen molar-refractivity contribution in [3.8, 4) is 0 Å². The lowest BCUT2D eigenvalue weighted by atomic mass is 10.5. The predicted molar refractivity (Wildman–Crippen MR) is 59.1 cm³/mol. The molecule has 3 heteroatoms. The van der Waals surface area contributed by atoms with Gasteiger partial charge in [-0.3, -0.25) is 4.79 Å². The third-order valence-corrected chi connectivity index (χ3v) is 1.44. The molecule has 0 bridgehead atoms. The first-order chi connectivity index (χ1) is 5.70. The molecule has 0 spiro atoms. The van der Waals surface area contributed by atoms with Gasteiger partial charge in [-0.25, -0.2) is 0 Å². The van der Waals surface area contributed by atoms with Gasteiger partial charge in [0.25, 0.3) is 5.24 Å². The molecule has 2 nitrogen and oxygen atoms in total. The number of primary amides is 1. The van der Waals surface area contributed by atoms with Crippen molar-refractivity contribution >= 4 is 17.0 Å². The summed E-state index contributed by atoms with van der Waals surface area (Å²) in [7, 11) is 0. The third kappa shape index (κ3) is 9.04. The molecule has 2 N–H and O–H groups in total. The van der Waals surface area contributed by atoms with Crippen LogP contribution in [0.15, 0.2) is 36.3 Å². The highest BCUT2D eigenvalue weighted by atomic mass is 32.2. The fourth-order valence-electron chi connectivity index (χ4n) is 0.376. The summed E-state index contributed by atoms with van der Waals surface area (Å²) in [5.41, 5.74) is 4.90. The molecule has 0 atom stereocenters. The summed E-state index contributed by atoms with van der Waals surface area (Å²) in [6.07, 6.45) is 4.80. The zero-order valence-corrected chi connectivity index (χ0v) is 8.36. The van der Waals surface area contributed by atoms with Crippen LogP contribution in [0.3, 0.4) is 0 Å². The highest BCUT2D eigenvalue weighted by Gasteiger charge is 1.95. The monoisotopic (exact) mass is 187 g/mol. The molecule has 0 saturated carbocycles. The average Bonchev–Trinajstić information content (AvgIpc) is 2.07. The van der Waals surface area contributed by atoms with E-state index in [0.29, 0.717) is 4.91 Å². The first kappa shape index (κ1) is 13.6. The van der Waals surface area contributed by atoms with E-state index >= 15 is 0 Å². The number of carbonyl (C=O) groups excluding carboxylic acids is 1. The Kier molecular flexibility index (Phi) is 11.4. The van der Waals surface area contributed by atoms with Gasteiger partial charge >= 0.3 is 0 Å². The fourth-order valence-corrected chi connectivity index (χ4v) is 0.856. The maximum absolute atomic E-state index is 10.3. The van der Waals surface area contributed by atoms with Crippen molar-refractivity contribution in [2.75, 3.05) is 0 Å². The fraction of sp³-hybridized carbons (Fsp3) is 0.222. The van der Waals surface area contributed by atoms with Gasteiger partial charge in [0.05, 0.1) is 0 Å². The van der Waals surface area contributed by atoms with Crippen LogP contribution in [0.5, 0.6) is 0 Å². The molecule has 12 heavy (non-hydrogen) atoms. The minimum atomic E-state index is -0.437. The number of amides is 1. The van der Waals surface area contributed by atoms with Gasteiger partial charge in [-0.2, -0.15) is 0 Å². The van der Waals surface area contributed by atoms with Crippen LogP contribution in [0.2, 0.25) is 0 Å². The zero-order chi connectivity index (χ0) is 9.98. The topological polar surface area (TPSA) is 43.1 Å². The minimum absolute atomic E-state index is 0. The smallest absolute Gasteiger partial charge is 0.281 e. The van der Waals surface area contributed by atoms with Gasteiger partial charge in [0.1, 0.15) is 0 Å². The van der Waals surface area contributed by atoms with Crippen molar-refractivity contribution in [1.29, 1.82) is 0 Å². The van der Waals surface area contributed by atoms with Crippen LogP contribution in [0.25, 0.3) is 0 Å². The summed E-state index contributed by atoms with van der Waals surface area (Å²) in [6.45, 7) is 11.0. The van der Waals surface area contributed by atoms with Crippen LogP contribution in [0, 0.1) is 0 Å². The van der Waals surface area contributed by atoms with Gasteiger partial charge in [-0.1, -0.05) is 39.2 Å². The molecule has 0 saturated heterocycles. The Labute approximate surface area is 79.7 Å². The van der Waals surface area contributed by atoms with Gasteiger partial charge in [0, 0.05) is 6.33 Å². The lowest BCUT2D eigenvalue weighted by Gasteiger charge is -1.92. The maximum Gasteiger partial charge on any atom is 0.281 e. The van der Waals surface area contributed by atoms with E-state index in [1.165, 1.54) is 0 Å². The predicted octanol–water partition coefficient (Wildman–Crippen LogP) is 3.33.